The molecule has 0 amide bonds. The number of rotatable bonds is 9. The zero-order valence-electron chi connectivity index (χ0n) is 11.3. The molecule has 0 saturated heterocycles. The highest BCUT2D eigenvalue weighted by Gasteiger charge is 2.03. The standard InChI is InChI=1S/C11H25N3O3/c1-10(9-16-4)14-11(12-2)13-5-6-17-8-7-15-3/h10H,5-9H2,1-4H3,(H2,12,13,14). The summed E-state index contributed by atoms with van der Waals surface area (Å²) in [6.07, 6.45) is 0. The highest BCUT2D eigenvalue weighted by atomic mass is 16.5. The monoisotopic (exact) mass is 247 g/mol. The third-order valence-electron chi connectivity index (χ3n) is 1.99. The van der Waals surface area contributed by atoms with Crippen LogP contribution in [0.3, 0.4) is 0 Å². The van der Waals surface area contributed by atoms with E-state index in [2.05, 4.69) is 15.6 Å². The molecule has 0 radical (unpaired) electrons. The Hall–Kier alpha value is -0.850. The average Bonchev–Trinajstić information content (AvgIpc) is 2.32. The summed E-state index contributed by atoms with van der Waals surface area (Å²) < 4.78 is 15.2. The summed E-state index contributed by atoms with van der Waals surface area (Å²) in [7, 11) is 5.07. The Morgan fingerprint density at radius 3 is 2.53 bits per heavy atom. The number of hydrogen-bond acceptors (Lipinski definition) is 4. The maximum absolute atomic E-state index is 5.33. The first-order valence-electron chi connectivity index (χ1n) is 5.77. The first-order valence-corrected chi connectivity index (χ1v) is 5.77. The molecular weight excluding hydrogens is 222 g/mol. The van der Waals surface area contributed by atoms with Crippen LogP contribution in [0.25, 0.3) is 0 Å². The van der Waals surface area contributed by atoms with Gasteiger partial charge in [-0.25, -0.2) is 0 Å². The molecular formula is C11H25N3O3. The van der Waals surface area contributed by atoms with E-state index < -0.39 is 0 Å². The predicted molar refractivity (Wildman–Crippen MR) is 68.5 cm³/mol. The summed E-state index contributed by atoms with van der Waals surface area (Å²) in [5.41, 5.74) is 0. The Balaban J connectivity index is 3.55. The lowest BCUT2D eigenvalue weighted by atomic mass is 10.4. The first kappa shape index (κ1) is 16.1. The molecule has 0 aromatic heterocycles. The molecule has 1 atom stereocenters. The average molecular weight is 247 g/mol. The van der Waals surface area contributed by atoms with E-state index in [0.717, 1.165) is 5.96 Å². The van der Waals surface area contributed by atoms with Gasteiger partial charge in [0.15, 0.2) is 5.96 Å². The van der Waals surface area contributed by atoms with Crippen molar-refractivity contribution in [2.45, 2.75) is 13.0 Å². The van der Waals surface area contributed by atoms with Crippen LogP contribution >= 0.6 is 0 Å². The van der Waals surface area contributed by atoms with Gasteiger partial charge in [-0.15, -0.1) is 0 Å². The maximum atomic E-state index is 5.33. The molecule has 0 aliphatic carbocycles. The molecule has 0 aliphatic heterocycles. The van der Waals surface area contributed by atoms with Crippen LogP contribution in [-0.2, 0) is 14.2 Å². The minimum Gasteiger partial charge on any atom is -0.383 e. The quantitative estimate of drug-likeness (QED) is 0.337. The summed E-state index contributed by atoms with van der Waals surface area (Å²) >= 11 is 0. The van der Waals surface area contributed by atoms with E-state index in [1.165, 1.54) is 0 Å². The second-order valence-electron chi connectivity index (χ2n) is 3.60. The third kappa shape index (κ3) is 10.0. The van der Waals surface area contributed by atoms with E-state index in [0.29, 0.717) is 33.0 Å². The van der Waals surface area contributed by atoms with Gasteiger partial charge in [0.25, 0.3) is 0 Å². The Labute approximate surface area is 104 Å². The third-order valence-corrected chi connectivity index (χ3v) is 1.99. The van der Waals surface area contributed by atoms with E-state index in [-0.39, 0.29) is 6.04 Å². The molecule has 6 nitrogen and oxygen atoms in total. The molecule has 0 rings (SSSR count). The number of ether oxygens (including phenoxy) is 3. The van der Waals surface area contributed by atoms with Crippen molar-refractivity contribution >= 4 is 5.96 Å². The van der Waals surface area contributed by atoms with Crippen LogP contribution in [-0.4, -0.2) is 66.2 Å². The lowest BCUT2D eigenvalue weighted by Gasteiger charge is -2.17. The minimum absolute atomic E-state index is 0.223. The van der Waals surface area contributed by atoms with Gasteiger partial charge in [0, 0.05) is 33.9 Å². The van der Waals surface area contributed by atoms with Gasteiger partial charge < -0.3 is 24.8 Å². The smallest absolute Gasteiger partial charge is 0.191 e. The van der Waals surface area contributed by atoms with Crippen molar-refractivity contribution in [1.82, 2.24) is 10.6 Å². The summed E-state index contributed by atoms with van der Waals surface area (Å²) in [6.45, 7) is 5.25. The van der Waals surface area contributed by atoms with Crippen LogP contribution in [0.4, 0.5) is 0 Å². The molecule has 102 valence electrons. The number of nitrogens with zero attached hydrogens (tertiary/aromatic N) is 1. The Kier molecular flexibility index (Phi) is 11.0. The lowest BCUT2D eigenvalue weighted by Crippen LogP contribution is -2.44. The van der Waals surface area contributed by atoms with Crippen LogP contribution < -0.4 is 10.6 Å². The highest BCUT2D eigenvalue weighted by Crippen LogP contribution is 1.82. The largest absolute Gasteiger partial charge is 0.383 e. The van der Waals surface area contributed by atoms with Gasteiger partial charge >= 0.3 is 0 Å². The molecule has 2 N–H and O–H groups in total. The molecule has 0 aromatic carbocycles. The van der Waals surface area contributed by atoms with Gasteiger partial charge in [-0.1, -0.05) is 0 Å². The van der Waals surface area contributed by atoms with Crippen LogP contribution in [0.2, 0.25) is 0 Å². The molecule has 0 fully saturated rings. The maximum Gasteiger partial charge on any atom is 0.191 e. The fraction of sp³-hybridized carbons (Fsp3) is 0.909. The Bertz CT molecular complexity index is 200. The van der Waals surface area contributed by atoms with Gasteiger partial charge in [0.2, 0.25) is 0 Å². The van der Waals surface area contributed by atoms with Gasteiger partial charge in [-0.3, -0.25) is 4.99 Å². The molecule has 17 heavy (non-hydrogen) atoms. The van der Waals surface area contributed by atoms with Gasteiger partial charge in [0.1, 0.15) is 0 Å². The first-order chi connectivity index (χ1) is 8.24. The molecule has 6 heteroatoms. The van der Waals surface area contributed by atoms with Crippen molar-refractivity contribution in [3.05, 3.63) is 0 Å². The van der Waals surface area contributed by atoms with E-state index in [1.807, 2.05) is 6.92 Å². The molecule has 0 aromatic rings. The van der Waals surface area contributed by atoms with E-state index in [1.54, 1.807) is 21.3 Å². The van der Waals surface area contributed by atoms with E-state index in [9.17, 15) is 0 Å². The predicted octanol–water partition coefficient (Wildman–Crippen LogP) is -0.151. The summed E-state index contributed by atoms with van der Waals surface area (Å²) in [5.74, 6) is 0.755. The molecule has 0 spiro atoms. The second kappa shape index (κ2) is 11.6. The fourth-order valence-electron chi connectivity index (χ4n) is 1.21. The number of nitrogens with one attached hydrogen (secondary N) is 2. The van der Waals surface area contributed by atoms with Crippen molar-refractivity contribution in [2.24, 2.45) is 4.99 Å². The number of guanidine groups is 1. The lowest BCUT2D eigenvalue weighted by molar-refractivity contribution is 0.0733. The molecule has 0 bridgehead atoms. The summed E-state index contributed by atoms with van der Waals surface area (Å²) in [5, 5.41) is 6.36. The van der Waals surface area contributed by atoms with Crippen molar-refractivity contribution in [3.63, 3.8) is 0 Å². The zero-order chi connectivity index (χ0) is 12.9. The van der Waals surface area contributed by atoms with Crippen molar-refractivity contribution < 1.29 is 14.2 Å². The normalized spacial score (nSPS) is 13.5. The second-order valence-corrected chi connectivity index (χ2v) is 3.60. The number of methoxy groups -OCH3 is 2. The van der Waals surface area contributed by atoms with Crippen LogP contribution in [0.1, 0.15) is 6.92 Å². The summed E-state index contributed by atoms with van der Waals surface area (Å²) in [6, 6.07) is 0.223. The van der Waals surface area contributed by atoms with E-state index in [4.69, 9.17) is 14.2 Å². The van der Waals surface area contributed by atoms with Crippen LogP contribution in [0.5, 0.6) is 0 Å². The van der Waals surface area contributed by atoms with Crippen LogP contribution in [0.15, 0.2) is 4.99 Å². The number of aliphatic imine (C=N–C) groups is 1. The highest BCUT2D eigenvalue weighted by molar-refractivity contribution is 5.79. The van der Waals surface area contributed by atoms with Crippen molar-refractivity contribution in [3.8, 4) is 0 Å². The topological polar surface area (TPSA) is 64.1 Å². The Morgan fingerprint density at radius 2 is 1.94 bits per heavy atom. The van der Waals surface area contributed by atoms with Crippen molar-refractivity contribution in [1.29, 1.82) is 0 Å². The SMILES string of the molecule is CN=C(NCCOCCOC)NC(C)COC. The van der Waals surface area contributed by atoms with Gasteiger partial charge in [0.05, 0.1) is 26.4 Å². The van der Waals surface area contributed by atoms with Crippen molar-refractivity contribution in [2.75, 3.05) is 54.2 Å². The van der Waals surface area contributed by atoms with E-state index >= 15 is 0 Å². The minimum atomic E-state index is 0.223. The summed E-state index contributed by atoms with van der Waals surface area (Å²) in [4.78, 5) is 4.10. The van der Waals surface area contributed by atoms with Gasteiger partial charge in [-0.05, 0) is 6.92 Å². The van der Waals surface area contributed by atoms with Gasteiger partial charge in [-0.2, -0.15) is 0 Å². The molecule has 1 unspecified atom stereocenters. The molecule has 0 aliphatic rings. The van der Waals surface area contributed by atoms with Crippen LogP contribution in [0, 0.1) is 0 Å². The Morgan fingerprint density at radius 1 is 1.18 bits per heavy atom. The number of hydrogen-bond donors (Lipinski definition) is 2. The fourth-order valence-corrected chi connectivity index (χ4v) is 1.21. The molecule has 0 heterocycles. The molecule has 0 saturated carbocycles. The zero-order valence-corrected chi connectivity index (χ0v) is 11.3.